The van der Waals surface area contributed by atoms with Crippen LogP contribution in [0.4, 0.5) is 5.69 Å². The van der Waals surface area contributed by atoms with Gasteiger partial charge in [-0.3, -0.25) is 5.10 Å². The second kappa shape index (κ2) is 11.7. The molecule has 0 saturated carbocycles. The van der Waals surface area contributed by atoms with Gasteiger partial charge in [0.25, 0.3) is 0 Å². The van der Waals surface area contributed by atoms with Gasteiger partial charge in [0.15, 0.2) is 0 Å². The first-order valence-electron chi connectivity index (χ1n) is 13.2. The van der Waals surface area contributed by atoms with E-state index in [4.69, 9.17) is 4.74 Å². The Morgan fingerprint density at radius 2 is 1.71 bits per heavy atom. The summed E-state index contributed by atoms with van der Waals surface area (Å²) in [6.07, 6.45) is 10.3. The average Bonchev–Trinajstić information content (AvgIpc) is 3.57. The fourth-order valence-electron chi connectivity index (χ4n) is 4.57. The fourth-order valence-corrected chi connectivity index (χ4v) is 4.57. The molecule has 2 heterocycles. The van der Waals surface area contributed by atoms with E-state index in [0.29, 0.717) is 6.61 Å². The summed E-state index contributed by atoms with van der Waals surface area (Å²) < 4.78 is 8.44. The first kappa shape index (κ1) is 25.2. The lowest BCUT2D eigenvalue weighted by molar-refractivity contribution is 0.305. The Balaban J connectivity index is 1.33. The Bertz CT molecular complexity index is 1550. The number of benzene rings is 3. The van der Waals surface area contributed by atoms with Crippen LogP contribution < -0.4 is 9.64 Å². The molecule has 5 heteroatoms. The number of H-pyrrole nitrogens is 1. The molecule has 0 spiro atoms. The lowest BCUT2D eigenvalue weighted by Crippen LogP contribution is -2.21. The molecule has 0 fully saturated rings. The Labute approximate surface area is 224 Å². The molecule has 3 aromatic carbocycles. The summed E-state index contributed by atoms with van der Waals surface area (Å²) in [7, 11) is 2.07. The fraction of sp³-hybridized carbons (Fsp3) is 0.182. The van der Waals surface area contributed by atoms with E-state index in [9.17, 15) is 0 Å². The van der Waals surface area contributed by atoms with Crippen LogP contribution in [0.2, 0.25) is 0 Å². The molecule has 2 aromatic heterocycles. The maximum Gasteiger partial charge on any atom is 0.129 e. The Kier molecular flexibility index (Phi) is 7.74. The highest BCUT2D eigenvalue weighted by molar-refractivity contribution is 5.84. The molecule has 1 N–H and O–H groups in total. The van der Waals surface area contributed by atoms with Crippen molar-refractivity contribution in [1.82, 2.24) is 14.8 Å². The van der Waals surface area contributed by atoms with Crippen LogP contribution in [-0.2, 0) is 13.7 Å². The highest BCUT2D eigenvalue weighted by Gasteiger charge is 2.08. The van der Waals surface area contributed by atoms with Crippen molar-refractivity contribution in [3.05, 3.63) is 113 Å². The molecule has 0 aliphatic carbocycles. The number of fused-ring (bicyclic) bond motifs is 1. The van der Waals surface area contributed by atoms with Gasteiger partial charge in [0.2, 0.25) is 0 Å². The molecule has 0 unspecified atom stereocenters. The highest BCUT2D eigenvalue weighted by Crippen LogP contribution is 2.28. The average molecular weight is 503 g/mol. The summed E-state index contributed by atoms with van der Waals surface area (Å²) in [5.74, 6) is 0.862. The SMILES string of the molecule is CCN(CC)c1ccc(/C=C/c2cc(/C=C/c3ccc4ccn(C)c4c3)[nH]n2)c(OCc2ccccc2)c1. The second-order valence-electron chi connectivity index (χ2n) is 9.33. The first-order chi connectivity index (χ1) is 18.6. The lowest BCUT2D eigenvalue weighted by atomic mass is 10.1. The number of rotatable bonds is 10. The smallest absolute Gasteiger partial charge is 0.129 e. The molecule has 5 aromatic rings. The number of anilines is 1. The Morgan fingerprint density at radius 1 is 0.868 bits per heavy atom. The zero-order valence-electron chi connectivity index (χ0n) is 22.3. The monoisotopic (exact) mass is 502 g/mol. The number of aromatic amines is 1. The minimum Gasteiger partial charge on any atom is -0.488 e. The van der Waals surface area contributed by atoms with Crippen molar-refractivity contribution in [1.29, 1.82) is 0 Å². The summed E-state index contributed by atoms with van der Waals surface area (Å²) in [4.78, 5) is 2.32. The van der Waals surface area contributed by atoms with E-state index in [-0.39, 0.29) is 0 Å². The van der Waals surface area contributed by atoms with Gasteiger partial charge in [-0.15, -0.1) is 0 Å². The van der Waals surface area contributed by atoms with Gasteiger partial charge >= 0.3 is 0 Å². The van der Waals surface area contributed by atoms with Crippen molar-refractivity contribution in [2.75, 3.05) is 18.0 Å². The molecule has 0 radical (unpaired) electrons. The number of nitrogens with one attached hydrogen (secondary N) is 1. The van der Waals surface area contributed by atoms with Crippen LogP contribution in [0.3, 0.4) is 0 Å². The lowest BCUT2D eigenvalue weighted by Gasteiger charge is -2.22. The van der Waals surface area contributed by atoms with Gasteiger partial charge in [-0.1, -0.05) is 48.5 Å². The normalized spacial score (nSPS) is 11.7. The van der Waals surface area contributed by atoms with Gasteiger partial charge in [-0.05, 0) is 78.9 Å². The van der Waals surface area contributed by atoms with Gasteiger partial charge in [-0.25, -0.2) is 0 Å². The quantitative estimate of drug-likeness (QED) is 0.213. The van der Waals surface area contributed by atoms with Crippen molar-refractivity contribution in [2.45, 2.75) is 20.5 Å². The van der Waals surface area contributed by atoms with Crippen LogP contribution in [0.5, 0.6) is 5.75 Å². The predicted octanol–water partition coefficient (Wildman–Crippen LogP) is 7.67. The molecular formula is C33H34N4O. The van der Waals surface area contributed by atoms with Crippen LogP contribution >= 0.6 is 0 Å². The van der Waals surface area contributed by atoms with Crippen molar-refractivity contribution >= 4 is 40.9 Å². The van der Waals surface area contributed by atoms with Crippen molar-refractivity contribution in [3.63, 3.8) is 0 Å². The topological polar surface area (TPSA) is 46.1 Å². The zero-order chi connectivity index (χ0) is 26.3. The third-order valence-electron chi connectivity index (χ3n) is 6.78. The summed E-state index contributed by atoms with van der Waals surface area (Å²) >= 11 is 0. The van der Waals surface area contributed by atoms with Crippen LogP contribution in [0.15, 0.2) is 85.1 Å². The molecular weight excluding hydrogens is 468 g/mol. The maximum atomic E-state index is 6.30. The largest absolute Gasteiger partial charge is 0.488 e. The molecule has 38 heavy (non-hydrogen) atoms. The molecule has 192 valence electrons. The van der Waals surface area contributed by atoms with Crippen LogP contribution in [0.1, 0.15) is 41.9 Å². The molecule has 0 atom stereocenters. The summed E-state index contributed by atoms with van der Waals surface area (Å²) in [5, 5.41) is 8.85. The van der Waals surface area contributed by atoms with Crippen LogP contribution in [0, 0.1) is 0 Å². The van der Waals surface area contributed by atoms with E-state index in [1.807, 2.05) is 30.3 Å². The van der Waals surface area contributed by atoms with E-state index in [2.05, 4.69) is 120 Å². The first-order valence-corrected chi connectivity index (χ1v) is 13.2. The minimum atomic E-state index is 0.523. The molecule has 0 saturated heterocycles. The Hall–Kier alpha value is -4.51. The number of aryl methyl sites for hydroxylation is 1. The van der Waals surface area contributed by atoms with E-state index < -0.39 is 0 Å². The number of hydrogen-bond donors (Lipinski definition) is 1. The number of nitrogens with zero attached hydrogens (tertiary/aromatic N) is 3. The van der Waals surface area contributed by atoms with Crippen molar-refractivity contribution in [3.8, 4) is 5.75 Å². The summed E-state index contributed by atoms with van der Waals surface area (Å²) in [5.41, 5.74) is 7.52. The standard InChI is InChI=1S/C33H34N4O/c1-4-37(5-2)31-18-15-28(33(23-31)38-24-26-9-7-6-8-10-26)14-17-30-22-29(34-35-30)16-12-25-11-13-27-19-20-36(3)32(27)21-25/h6-23H,4-5,24H2,1-3H3,(H,34,35)/b16-12+,17-14+. The van der Waals surface area contributed by atoms with E-state index in [1.54, 1.807) is 0 Å². The molecule has 5 rings (SSSR count). The third-order valence-corrected chi connectivity index (χ3v) is 6.78. The van der Waals surface area contributed by atoms with E-state index in [0.717, 1.165) is 52.6 Å². The van der Waals surface area contributed by atoms with Crippen LogP contribution in [-0.4, -0.2) is 27.9 Å². The third kappa shape index (κ3) is 5.89. The zero-order valence-corrected chi connectivity index (χ0v) is 22.3. The molecule has 0 amide bonds. The summed E-state index contributed by atoms with van der Waals surface area (Å²) in [6.45, 7) is 6.77. The Morgan fingerprint density at radius 3 is 2.53 bits per heavy atom. The van der Waals surface area contributed by atoms with Crippen LogP contribution in [0.25, 0.3) is 35.2 Å². The predicted molar refractivity (Wildman–Crippen MR) is 160 cm³/mol. The van der Waals surface area contributed by atoms with Gasteiger partial charge in [-0.2, -0.15) is 5.10 Å². The van der Waals surface area contributed by atoms with Gasteiger partial charge in [0.1, 0.15) is 12.4 Å². The highest BCUT2D eigenvalue weighted by atomic mass is 16.5. The molecule has 5 nitrogen and oxygen atoms in total. The summed E-state index contributed by atoms with van der Waals surface area (Å²) in [6, 6.07) is 27.3. The minimum absolute atomic E-state index is 0.523. The number of aromatic nitrogens is 3. The second-order valence-corrected chi connectivity index (χ2v) is 9.33. The van der Waals surface area contributed by atoms with E-state index in [1.165, 1.54) is 10.9 Å². The number of hydrogen-bond acceptors (Lipinski definition) is 3. The van der Waals surface area contributed by atoms with E-state index >= 15 is 0 Å². The molecule has 0 aliphatic rings. The van der Waals surface area contributed by atoms with Gasteiger partial charge in [0, 0.05) is 49.2 Å². The van der Waals surface area contributed by atoms with Crippen molar-refractivity contribution in [2.24, 2.45) is 7.05 Å². The molecule has 0 aliphatic heterocycles. The van der Waals surface area contributed by atoms with Gasteiger partial charge < -0.3 is 14.2 Å². The van der Waals surface area contributed by atoms with Gasteiger partial charge in [0.05, 0.1) is 11.4 Å². The molecule has 0 bridgehead atoms. The van der Waals surface area contributed by atoms with Crippen molar-refractivity contribution < 1.29 is 4.74 Å². The number of ether oxygens (including phenoxy) is 1. The maximum absolute atomic E-state index is 6.30.